The van der Waals surface area contributed by atoms with Crippen molar-refractivity contribution in [2.75, 3.05) is 13.1 Å². The van der Waals surface area contributed by atoms with E-state index in [2.05, 4.69) is 5.32 Å². The van der Waals surface area contributed by atoms with E-state index < -0.39 is 21.7 Å². The molecule has 1 amide bonds. The van der Waals surface area contributed by atoms with Crippen LogP contribution in [-0.4, -0.2) is 43.5 Å². The van der Waals surface area contributed by atoms with Gasteiger partial charge in [-0.05, 0) is 51.3 Å². The first kappa shape index (κ1) is 20.2. The van der Waals surface area contributed by atoms with Crippen LogP contribution < -0.4 is 5.32 Å². The van der Waals surface area contributed by atoms with Gasteiger partial charge in [-0.3, -0.25) is 0 Å². The van der Waals surface area contributed by atoms with Crippen molar-refractivity contribution in [3.8, 4) is 6.07 Å². The number of nitrogens with zero attached hydrogens (tertiary/aromatic N) is 2. The summed E-state index contributed by atoms with van der Waals surface area (Å²) in [4.78, 5) is 12.1. The van der Waals surface area contributed by atoms with Gasteiger partial charge in [0.2, 0.25) is 10.0 Å². The predicted molar refractivity (Wildman–Crippen MR) is 96.9 cm³/mol. The molecule has 1 aromatic rings. The van der Waals surface area contributed by atoms with Crippen LogP contribution in [0.4, 0.5) is 4.79 Å². The molecule has 142 valence electrons. The summed E-state index contributed by atoms with van der Waals surface area (Å²) in [6.07, 6.45) is 1.06. The van der Waals surface area contributed by atoms with E-state index in [0.29, 0.717) is 19.4 Å². The van der Waals surface area contributed by atoms with Crippen molar-refractivity contribution in [2.45, 2.75) is 56.6 Å². The summed E-state index contributed by atoms with van der Waals surface area (Å²) in [5, 5.41) is 11.5. The standard InChI is InChI=1S/C18H25N3O4S/c1-18(2,3)25-17(22)20-15-5-4-12-21(13-15)26(23,24)16-8-6-14(7-9-16)10-11-19/h6-9,15H,4-5,10,12-13H2,1-3H3,(H,20,22). The highest BCUT2D eigenvalue weighted by atomic mass is 32.2. The van der Waals surface area contributed by atoms with Crippen LogP contribution in [0.25, 0.3) is 0 Å². The van der Waals surface area contributed by atoms with E-state index in [1.54, 1.807) is 32.9 Å². The number of ether oxygens (including phenoxy) is 1. The highest BCUT2D eigenvalue weighted by Crippen LogP contribution is 2.21. The van der Waals surface area contributed by atoms with Crippen molar-refractivity contribution in [1.29, 1.82) is 5.26 Å². The van der Waals surface area contributed by atoms with Gasteiger partial charge in [0, 0.05) is 19.1 Å². The zero-order valence-corrected chi connectivity index (χ0v) is 16.2. The van der Waals surface area contributed by atoms with Crippen molar-refractivity contribution in [3.63, 3.8) is 0 Å². The van der Waals surface area contributed by atoms with E-state index >= 15 is 0 Å². The van der Waals surface area contributed by atoms with Gasteiger partial charge in [-0.1, -0.05) is 12.1 Å². The van der Waals surface area contributed by atoms with Crippen LogP contribution in [0, 0.1) is 11.3 Å². The third-order valence-corrected chi connectivity index (χ3v) is 5.83. The summed E-state index contributed by atoms with van der Waals surface area (Å²) in [6, 6.07) is 8.09. The van der Waals surface area contributed by atoms with Crippen molar-refractivity contribution in [2.24, 2.45) is 0 Å². The molecule has 0 spiro atoms. The summed E-state index contributed by atoms with van der Waals surface area (Å²) in [7, 11) is -3.64. The molecule has 1 fully saturated rings. The number of piperidine rings is 1. The molecule has 1 N–H and O–H groups in total. The molecule has 1 aliphatic heterocycles. The van der Waals surface area contributed by atoms with Gasteiger partial charge in [-0.25, -0.2) is 13.2 Å². The van der Waals surface area contributed by atoms with E-state index in [-0.39, 0.29) is 23.9 Å². The SMILES string of the molecule is CC(C)(C)OC(=O)NC1CCCN(S(=O)(=O)c2ccc(CC#N)cc2)C1. The number of rotatable bonds is 4. The molecule has 0 radical (unpaired) electrons. The smallest absolute Gasteiger partial charge is 0.407 e. The van der Waals surface area contributed by atoms with Gasteiger partial charge >= 0.3 is 6.09 Å². The van der Waals surface area contributed by atoms with Gasteiger partial charge in [0.15, 0.2) is 0 Å². The molecule has 7 nitrogen and oxygen atoms in total. The van der Waals surface area contributed by atoms with Crippen LogP contribution in [0.2, 0.25) is 0 Å². The van der Waals surface area contributed by atoms with Gasteiger partial charge in [0.1, 0.15) is 5.60 Å². The topological polar surface area (TPSA) is 99.5 Å². The number of hydrogen-bond donors (Lipinski definition) is 1. The second-order valence-corrected chi connectivity index (χ2v) is 9.27. The molecule has 8 heteroatoms. The lowest BCUT2D eigenvalue weighted by Gasteiger charge is -2.32. The average molecular weight is 379 g/mol. The van der Waals surface area contributed by atoms with Crippen molar-refractivity contribution in [3.05, 3.63) is 29.8 Å². The Bertz CT molecular complexity index is 776. The van der Waals surface area contributed by atoms with E-state index in [9.17, 15) is 13.2 Å². The molecule has 1 atom stereocenters. The maximum absolute atomic E-state index is 12.8. The number of hydrogen-bond acceptors (Lipinski definition) is 5. The predicted octanol–water partition coefficient (Wildman–Crippen LogP) is 2.43. The Labute approximate surface area is 155 Å². The lowest BCUT2D eigenvalue weighted by molar-refractivity contribution is 0.0487. The number of carbonyl (C=O) groups excluding carboxylic acids is 1. The molecule has 0 aromatic heterocycles. The summed E-state index contributed by atoms with van der Waals surface area (Å²) in [5.74, 6) is 0. The van der Waals surface area contributed by atoms with Gasteiger partial charge in [-0.2, -0.15) is 9.57 Å². The molecule has 26 heavy (non-hydrogen) atoms. The highest BCUT2D eigenvalue weighted by molar-refractivity contribution is 7.89. The Morgan fingerprint density at radius 1 is 1.35 bits per heavy atom. The quantitative estimate of drug-likeness (QED) is 0.866. The number of nitrogens with one attached hydrogen (secondary N) is 1. The number of benzene rings is 1. The summed E-state index contributed by atoms with van der Waals surface area (Å²) in [6.45, 7) is 5.96. The van der Waals surface area contributed by atoms with Crippen LogP contribution in [0.1, 0.15) is 39.2 Å². The first-order valence-corrected chi connectivity index (χ1v) is 10.0. The Kier molecular flexibility index (Phi) is 6.26. The van der Waals surface area contributed by atoms with Crippen molar-refractivity contribution in [1.82, 2.24) is 9.62 Å². The third-order valence-electron chi connectivity index (χ3n) is 3.95. The molecular formula is C18H25N3O4S. The third kappa shape index (κ3) is 5.44. The monoisotopic (exact) mass is 379 g/mol. The molecular weight excluding hydrogens is 354 g/mol. The zero-order chi connectivity index (χ0) is 19.4. The molecule has 1 aromatic carbocycles. The van der Waals surface area contributed by atoms with Crippen LogP contribution in [0.3, 0.4) is 0 Å². The molecule has 0 aliphatic carbocycles. The minimum Gasteiger partial charge on any atom is -0.444 e. The fourth-order valence-corrected chi connectivity index (χ4v) is 4.30. The number of carbonyl (C=O) groups is 1. The zero-order valence-electron chi connectivity index (χ0n) is 15.4. The maximum Gasteiger partial charge on any atom is 0.407 e. The maximum atomic E-state index is 12.8. The summed E-state index contributed by atoms with van der Waals surface area (Å²) in [5.41, 5.74) is 0.171. The normalized spacial score (nSPS) is 18.8. The van der Waals surface area contributed by atoms with Gasteiger partial charge in [0.25, 0.3) is 0 Å². The fraction of sp³-hybridized carbons (Fsp3) is 0.556. The molecule has 1 heterocycles. The Morgan fingerprint density at radius 3 is 2.58 bits per heavy atom. The average Bonchev–Trinajstić information content (AvgIpc) is 2.54. The van der Waals surface area contributed by atoms with Crippen LogP contribution in [0.5, 0.6) is 0 Å². The van der Waals surface area contributed by atoms with Crippen molar-refractivity contribution < 1.29 is 17.9 Å². The molecule has 0 bridgehead atoms. The van der Waals surface area contributed by atoms with Gasteiger partial charge in [0.05, 0.1) is 17.4 Å². The Morgan fingerprint density at radius 2 is 2.00 bits per heavy atom. The van der Waals surface area contributed by atoms with E-state index in [0.717, 1.165) is 5.56 Å². The Hall–Kier alpha value is -2.11. The van der Waals surface area contributed by atoms with Crippen LogP contribution in [-0.2, 0) is 21.2 Å². The fourth-order valence-electron chi connectivity index (χ4n) is 2.77. The highest BCUT2D eigenvalue weighted by Gasteiger charge is 2.31. The van der Waals surface area contributed by atoms with Crippen LogP contribution >= 0.6 is 0 Å². The number of alkyl carbamates (subject to hydrolysis) is 1. The number of sulfonamides is 1. The Balaban J connectivity index is 2.05. The molecule has 1 unspecified atom stereocenters. The molecule has 2 rings (SSSR count). The van der Waals surface area contributed by atoms with Crippen molar-refractivity contribution >= 4 is 16.1 Å². The number of nitriles is 1. The number of amides is 1. The van der Waals surface area contributed by atoms with E-state index in [1.165, 1.54) is 16.4 Å². The van der Waals surface area contributed by atoms with Crippen LogP contribution in [0.15, 0.2) is 29.2 Å². The largest absolute Gasteiger partial charge is 0.444 e. The van der Waals surface area contributed by atoms with Gasteiger partial charge in [-0.15, -0.1) is 0 Å². The van der Waals surface area contributed by atoms with E-state index in [1.807, 2.05) is 6.07 Å². The molecule has 1 aliphatic rings. The first-order chi connectivity index (χ1) is 12.1. The molecule has 1 saturated heterocycles. The first-order valence-electron chi connectivity index (χ1n) is 8.57. The van der Waals surface area contributed by atoms with E-state index in [4.69, 9.17) is 10.00 Å². The summed E-state index contributed by atoms with van der Waals surface area (Å²) >= 11 is 0. The lowest BCUT2D eigenvalue weighted by Crippen LogP contribution is -2.50. The van der Waals surface area contributed by atoms with Gasteiger partial charge < -0.3 is 10.1 Å². The minimum absolute atomic E-state index is 0.192. The summed E-state index contributed by atoms with van der Waals surface area (Å²) < 4.78 is 32.3. The minimum atomic E-state index is -3.64. The second kappa shape index (κ2) is 8.06. The lowest BCUT2D eigenvalue weighted by atomic mass is 10.1. The molecule has 0 saturated carbocycles. The second-order valence-electron chi connectivity index (χ2n) is 7.33.